The lowest BCUT2D eigenvalue weighted by Crippen LogP contribution is -2.28. The standard InChI is InChI=1S/C16H17N3S/c1-10-8-15(20-11(10)2)16(19-17)13-5-6-14-12(9-13)4-3-7-18-14/h3-9,16,19H,17H2,1-2H3. The molecule has 0 saturated carbocycles. The third-order valence-corrected chi connectivity index (χ3v) is 4.81. The Balaban J connectivity index is 2.06. The summed E-state index contributed by atoms with van der Waals surface area (Å²) in [6, 6.07) is 12.5. The van der Waals surface area contributed by atoms with Gasteiger partial charge in [-0.05, 0) is 49.2 Å². The smallest absolute Gasteiger partial charge is 0.0802 e. The fourth-order valence-electron chi connectivity index (χ4n) is 2.36. The van der Waals surface area contributed by atoms with E-state index in [0.29, 0.717) is 0 Å². The van der Waals surface area contributed by atoms with E-state index in [0.717, 1.165) is 16.5 Å². The second-order valence-corrected chi connectivity index (χ2v) is 6.23. The summed E-state index contributed by atoms with van der Waals surface area (Å²) in [6.45, 7) is 4.27. The van der Waals surface area contributed by atoms with Gasteiger partial charge in [-0.2, -0.15) is 0 Å². The van der Waals surface area contributed by atoms with E-state index < -0.39 is 0 Å². The van der Waals surface area contributed by atoms with Gasteiger partial charge in [0.05, 0.1) is 11.6 Å². The van der Waals surface area contributed by atoms with Gasteiger partial charge in [-0.25, -0.2) is 5.43 Å². The van der Waals surface area contributed by atoms with Crippen LogP contribution >= 0.6 is 11.3 Å². The number of hydrazine groups is 1. The summed E-state index contributed by atoms with van der Waals surface area (Å²) in [4.78, 5) is 6.93. The third-order valence-electron chi connectivity index (χ3n) is 3.60. The Bertz CT molecular complexity index is 729. The SMILES string of the molecule is Cc1cc(C(NN)c2ccc3ncccc3c2)sc1C. The number of thiophene rings is 1. The second-order valence-electron chi connectivity index (χ2n) is 4.94. The number of fused-ring (bicyclic) bond motifs is 1. The second kappa shape index (κ2) is 5.32. The molecule has 0 spiro atoms. The molecule has 3 N–H and O–H groups in total. The van der Waals surface area contributed by atoms with Gasteiger partial charge in [-0.1, -0.05) is 12.1 Å². The Hall–Kier alpha value is -1.75. The van der Waals surface area contributed by atoms with Crippen LogP contribution in [0.3, 0.4) is 0 Å². The first-order valence-electron chi connectivity index (χ1n) is 6.57. The summed E-state index contributed by atoms with van der Waals surface area (Å²) in [5, 5.41) is 1.13. The van der Waals surface area contributed by atoms with Crippen molar-refractivity contribution in [3.05, 3.63) is 63.5 Å². The van der Waals surface area contributed by atoms with Crippen LogP contribution < -0.4 is 11.3 Å². The van der Waals surface area contributed by atoms with E-state index in [-0.39, 0.29) is 6.04 Å². The first-order chi connectivity index (χ1) is 9.69. The molecule has 0 bridgehead atoms. The van der Waals surface area contributed by atoms with Gasteiger partial charge < -0.3 is 0 Å². The minimum atomic E-state index is 0.0250. The number of nitrogens with two attached hydrogens (primary N) is 1. The highest BCUT2D eigenvalue weighted by Gasteiger charge is 2.16. The molecule has 3 nitrogen and oxygen atoms in total. The molecule has 3 aromatic rings. The van der Waals surface area contributed by atoms with E-state index in [1.54, 1.807) is 11.3 Å². The summed E-state index contributed by atoms with van der Waals surface area (Å²) >= 11 is 1.79. The zero-order chi connectivity index (χ0) is 14.1. The molecule has 0 radical (unpaired) electrons. The van der Waals surface area contributed by atoms with Crippen LogP contribution in [0.2, 0.25) is 0 Å². The van der Waals surface area contributed by atoms with E-state index in [1.807, 2.05) is 18.3 Å². The van der Waals surface area contributed by atoms with Crippen molar-refractivity contribution < 1.29 is 0 Å². The van der Waals surface area contributed by atoms with Gasteiger partial charge in [0.2, 0.25) is 0 Å². The summed E-state index contributed by atoms with van der Waals surface area (Å²) in [7, 11) is 0. The van der Waals surface area contributed by atoms with Crippen LogP contribution in [0.25, 0.3) is 10.9 Å². The van der Waals surface area contributed by atoms with E-state index in [1.165, 1.54) is 15.3 Å². The van der Waals surface area contributed by atoms with Crippen LogP contribution in [0.15, 0.2) is 42.6 Å². The Kier molecular flexibility index (Phi) is 3.53. The van der Waals surface area contributed by atoms with Gasteiger partial charge in [-0.15, -0.1) is 11.3 Å². The van der Waals surface area contributed by atoms with Gasteiger partial charge in [0.25, 0.3) is 0 Å². The molecule has 20 heavy (non-hydrogen) atoms. The fourth-order valence-corrected chi connectivity index (χ4v) is 3.49. The molecular formula is C16H17N3S. The van der Waals surface area contributed by atoms with E-state index in [4.69, 9.17) is 5.84 Å². The molecule has 0 aliphatic carbocycles. The number of aromatic nitrogens is 1. The molecule has 1 aromatic carbocycles. The summed E-state index contributed by atoms with van der Waals surface area (Å²) < 4.78 is 0. The zero-order valence-corrected chi connectivity index (χ0v) is 12.4. The Morgan fingerprint density at radius 2 is 2.05 bits per heavy atom. The predicted molar refractivity (Wildman–Crippen MR) is 84.7 cm³/mol. The van der Waals surface area contributed by atoms with Crippen LogP contribution in [0.5, 0.6) is 0 Å². The van der Waals surface area contributed by atoms with E-state index >= 15 is 0 Å². The largest absolute Gasteiger partial charge is 0.271 e. The quantitative estimate of drug-likeness (QED) is 0.571. The fraction of sp³-hybridized carbons (Fsp3) is 0.188. The summed E-state index contributed by atoms with van der Waals surface area (Å²) in [5.74, 6) is 5.78. The Morgan fingerprint density at radius 1 is 1.20 bits per heavy atom. The monoisotopic (exact) mass is 283 g/mol. The molecule has 0 fully saturated rings. The van der Waals surface area contributed by atoms with Crippen LogP contribution in [0.4, 0.5) is 0 Å². The van der Waals surface area contributed by atoms with Crippen LogP contribution in [0, 0.1) is 13.8 Å². The number of nitrogens with zero attached hydrogens (tertiary/aromatic N) is 1. The van der Waals surface area contributed by atoms with Gasteiger partial charge in [0.1, 0.15) is 0 Å². The summed E-state index contributed by atoms with van der Waals surface area (Å²) in [6.07, 6.45) is 1.81. The Morgan fingerprint density at radius 3 is 2.75 bits per heavy atom. The number of rotatable bonds is 3. The van der Waals surface area contributed by atoms with Crippen molar-refractivity contribution in [2.45, 2.75) is 19.9 Å². The molecule has 2 aromatic heterocycles. The number of hydrogen-bond donors (Lipinski definition) is 2. The zero-order valence-electron chi connectivity index (χ0n) is 11.6. The molecule has 102 valence electrons. The minimum absolute atomic E-state index is 0.0250. The number of nitrogens with one attached hydrogen (secondary N) is 1. The molecule has 0 aliphatic rings. The maximum Gasteiger partial charge on any atom is 0.0802 e. The third kappa shape index (κ3) is 2.33. The molecule has 2 heterocycles. The Labute approximate surface area is 122 Å². The van der Waals surface area contributed by atoms with Crippen molar-refractivity contribution in [2.75, 3.05) is 0 Å². The topological polar surface area (TPSA) is 50.9 Å². The number of hydrogen-bond acceptors (Lipinski definition) is 4. The van der Waals surface area contributed by atoms with Gasteiger partial charge in [-0.3, -0.25) is 10.8 Å². The molecule has 0 aliphatic heterocycles. The minimum Gasteiger partial charge on any atom is -0.271 e. The highest BCUT2D eigenvalue weighted by Crippen LogP contribution is 2.31. The van der Waals surface area contributed by atoms with Crippen molar-refractivity contribution >= 4 is 22.2 Å². The van der Waals surface area contributed by atoms with Crippen molar-refractivity contribution in [3.63, 3.8) is 0 Å². The molecule has 1 unspecified atom stereocenters. The van der Waals surface area contributed by atoms with Gasteiger partial charge >= 0.3 is 0 Å². The first kappa shape index (κ1) is 13.2. The van der Waals surface area contributed by atoms with Crippen LogP contribution in [-0.4, -0.2) is 4.98 Å². The summed E-state index contributed by atoms with van der Waals surface area (Å²) in [5.41, 5.74) is 6.41. The van der Waals surface area contributed by atoms with E-state index in [2.05, 4.69) is 48.5 Å². The van der Waals surface area contributed by atoms with Gasteiger partial charge in [0.15, 0.2) is 0 Å². The lowest BCUT2D eigenvalue weighted by molar-refractivity contribution is 0.647. The lowest BCUT2D eigenvalue weighted by atomic mass is 10.0. The van der Waals surface area contributed by atoms with Crippen molar-refractivity contribution in [1.82, 2.24) is 10.4 Å². The van der Waals surface area contributed by atoms with Crippen molar-refractivity contribution in [2.24, 2.45) is 5.84 Å². The molecule has 1 atom stereocenters. The highest BCUT2D eigenvalue weighted by atomic mass is 32.1. The molecule has 4 heteroatoms. The van der Waals surface area contributed by atoms with Gasteiger partial charge in [0, 0.05) is 21.3 Å². The normalized spacial score (nSPS) is 12.8. The van der Waals surface area contributed by atoms with Crippen molar-refractivity contribution in [1.29, 1.82) is 0 Å². The van der Waals surface area contributed by atoms with E-state index in [9.17, 15) is 0 Å². The highest BCUT2D eigenvalue weighted by molar-refractivity contribution is 7.12. The average molecular weight is 283 g/mol. The number of benzene rings is 1. The first-order valence-corrected chi connectivity index (χ1v) is 7.38. The molecule has 0 amide bonds. The molecular weight excluding hydrogens is 266 g/mol. The maximum absolute atomic E-state index is 5.78. The number of pyridine rings is 1. The average Bonchev–Trinajstić information content (AvgIpc) is 2.79. The van der Waals surface area contributed by atoms with Crippen molar-refractivity contribution in [3.8, 4) is 0 Å². The molecule has 0 saturated heterocycles. The lowest BCUT2D eigenvalue weighted by Gasteiger charge is -2.15. The molecule has 3 rings (SSSR count). The predicted octanol–water partition coefficient (Wildman–Crippen LogP) is 3.47. The maximum atomic E-state index is 5.78. The number of aryl methyl sites for hydroxylation is 2. The van der Waals surface area contributed by atoms with Crippen LogP contribution in [0.1, 0.15) is 26.9 Å². The van der Waals surface area contributed by atoms with Crippen LogP contribution in [-0.2, 0) is 0 Å².